The second kappa shape index (κ2) is 6.32. The van der Waals surface area contributed by atoms with Crippen molar-refractivity contribution in [1.29, 1.82) is 0 Å². The molecule has 21 heavy (non-hydrogen) atoms. The summed E-state index contributed by atoms with van der Waals surface area (Å²) in [4.78, 5) is 13.0. The monoisotopic (exact) mass is 353 g/mol. The number of nitro benzene ring substituents is 1. The second-order valence-electron chi connectivity index (χ2n) is 5.97. The van der Waals surface area contributed by atoms with Gasteiger partial charge in [-0.25, -0.2) is 0 Å². The third-order valence-corrected chi connectivity index (χ3v) is 4.99. The molecular formula is C15H20BrN3O2. The number of hydrogen-bond donors (Lipinski definition) is 1. The van der Waals surface area contributed by atoms with E-state index in [9.17, 15) is 10.1 Å². The molecule has 114 valence electrons. The predicted molar refractivity (Wildman–Crippen MR) is 86.8 cm³/mol. The van der Waals surface area contributed by atoms with Crippen LogP contribution in [0.1, 0.15) is 25.7 Å². The minimum absolute atomic E-state index is 0.142. The molecule has 3 rings (SSSR count). The zero-order valence-corrected chi connectivity index (χ0v) is 13.5. The first-order valence-electron chi connectivity index (χ1n) is 7.56. The molecule has 1 N–H and O–H groups in total. The third kappa shape index (κ3) is 3.55. The highest BCUT2D eigenvalue weighted by molar-refractivity contribution is 9.10. The van der Waals surface area contributed by atoms with Crippen LogP contribution in [0.25, 0.3) is 0 Å². The fourth-order valence-electron chi connectivity index (χ4n) is 3.02. The van der Waals surface area contributed by atoms with E-state index in [2.05, 4.69) is 26.1 Å². The van der Waals surface area contributed by atoms with Crippen LogP contribution >= 0.6 is 15.9 Å². The van der Waals surface area contributed by atoms with Crippen molar-refractivity contribution in [1.82, 2.24) is 5.32 Å². The Bertz CT molecular complexity index is 528. The summed E-state index contributed by atoms with van der Waals surface area (Å²) in [5, 5.41) is 14.3. The van der Waals surface area contributed by atoms with Crippen molar-refractivity contribution < 1.29 is 4.92 Å². The fraction of sp³-hybridized carbons (Fsp3) is 0.600. The molecule has 0 atom stereocenters. The topological polar surface area (TPSA) is 58.4 Å². The molecule has 0 amide bonds. The first-order valence-corrected chi connectivity index (χ1v) is 8.36. The largest absolute Gasteiger partial charge is 0.367 e. The van der Waals surface area contributed by atoms with Gasteiger partial charge in [-0.2, -0.15) is 0 Å². The lowest BCUT2D eigenvalue weighted by molar-refractivity contribution is -0.384. The standard InChI is InChI=1S/C15H20BrN3O2/c16-14-9-13(19(20)21)3-4-15(14)18(12-1-2-12)10-11-5-7-17-8-6-11/h3-4,9,11-12,17H,1-2,5-8,10H2. The number of hydrogen-bond acceptors (Lipinski definition) is 4. The number of halogens is 1. The average molecular weight is 354 g/mol. The number of benzene rings is 1. The fourth-order valence-corrected chi connectivity index (χ4v) is 3.61. The zero-order chi connectivity index (χ0) is 14.8. The number of piperidine rings is 1. The lowest BCUT2D eigenvalue weighted by Crippen LogP contribution is -2.37. The van der Waals surface area contributed by atoms with E-state index < -0.39 is 0 Å². The van der Waals surface area contributed by atoms with Crippen molar-refractivity contribution in [3.8, 4) is 0 Å². The molecule has 2 aliphatic rings. The third-order valence-electron chi connectivity index (χ3n) is 4.35. The summed E-state index contributed by atoms with van der Waals surface area (Å²) in [6, 6.07) is 5.73. The summed E-state index contributed by atoms with van der Waals surface area (Å²) < 4.78 is 0.831. The molecule has 1 heterocycles. The van der Waals surface area contributed by atoms with Crippen LogP contribution in [-0.2, 0) is 0 Å². The first kappa shape index (κ1) is 14.8. The maximum Gasteiger partial charge on any atom is 0.270 e. The Balaban J connectivity index is 1.78. The van der Waals surface area contributed by atoms with E-state index in [0.717, 1.165) is 29.8 Å². The lowest BCUT2D eigenvalue weighted by Gasteiger charge is -2.32. The summed E-state index contributed by atoms with van der Waals surface area (Å²) in [5.41, 5.74) is 1.24. The molecule has 1 aliphatic heterocycles. The Labute approximate surface area is 133 Å². The van der Waals surface area contributed by atoms with Crippen molar-refractivity contribution in [3.05, 3.63) is 32.8 Å². The van der Waals surface area contributed by atoms with Crippen LogP contribution in [0.4, 0.5) is 11.4 Å². The molecule has 1 aliphatic carbocycles. The Kier molecular flexibility index (Phi) is 4.45. The number of nitro groups is 1. The van der Waals surface area contributed by atoms with Gasteiger partial charge in [0.05, 0.1) is 10.6 Å². The highest BCUT2D eigenvalue weighted by atomic mass is 79.9. The Hall–Kier alpha value is -1.14. The molecule has 5 nitrogen and oxygen atoms in total. The van der Waals surface area contributed by atoms with Crippen LogP contribution in [-0.4, -0.2) is 30.6 Å². The Morgan fingerprint density at radius 3 is 2.57 bits per heavy atom. The van der Waals surface area contributed by atoms with Gasteiger partial charge in [0.25, 0.3) is 5.69 Å². The summed E-state index contributed by atoms with van der Waals surface area (Å²) in [5.74, 6) is 0.717. The van der Waals surface area contributed by atoms with Gasteiger partial charge in [0.15, 0.2) is 0 Å². The molecule has 1 saturated heterocycles. The molecule has 0 radical (unpaired) electrons. The zero-order valence-electron chi connectivity index (χ0n) is 11.9. The van der Waals surface area contributed by atoms with E-state index in [4.69, 9.17) is 0 Å². The van der Waals surface area contributed by atoms with Gasteiger partial charge < -0.3 is 10.2 Å². The van der Waals surface area contributed by atoms with Crippen LogP contribution < -0.4 is 10.2 Å². The van der Waals surface area contributed by atoms with Gasteiger partial charge in [0, 0.05) is 29.2 Å². The van der Waals surface area contributed by atoms with E-state index in [1.165, 1.54) is 25.7 Å². The van der Waals surface area contributed by atoms with Crippen LogP contribution in [0.3, 0.4) is 0 Å². The van der Waals surface area contributed by atoms with Crippen molar-refractivity contribution in [3.63, 3.8) is 0 Å². The van der Waals surface area contributed by atoms with E-state index in [-0.39, 0.29) is 10.6 Å². The van der Waals surface area contributed by atoms with Crippen molar-refractivity contribution in [2.24, 2.45) is 5.92 Å². The number of rotatable bonds is 5. The second-order valence-corrected chi connectivity index (χ2v) is 6.82. The molecular weight excluding hydrogens is 334 g/mol. The molecule has 0 aromatic heterocycles. The van der Waals surface area contributed by atoms with E-state index >= 15 is 0 Å². The summed E-state index contributed by atoms with van der Waals surface area (Å²) in [7, 11) is 0. The van der Waals surface area contributed by atoms with E-state index in [1.54, 1.807) is 12.1 Å². The van der Waals surface area contributed by atoms with Crippen LogP contribution in [0.2, 0.25) is 0 Å². The summed E-state index contributed by atoms with van der Waals surface area (Å²) in [6.07, 6.45) is 4.89. The highest BCUT2D eigenvalue weighted by Crippen LogP contribution is 2.38. The van der Waals surface area contributed by atoms with Gasteiger partial charge in [0.2, 0.25) is 0 Å². The predicted octanol–water partition coefficient (Wildman–Crippen LogP) is 3.33. The lowest BCUT2D eigenvalue weighted by atomic mass is 9.97. The minimum atomic E-state index is -0.344. The SMILES string of the molecule is O=[N+]([O-])c1ccc(N(CC2CCNCC2)C2CC2)c(Br)c1. The van der Waals surface area contributed by atoms with Crippen molar-refractivity contribution >= 4 is 27.3 Å². The first-order chi connectivity index (χ1) is 10.1. The van der Waals surface area contributed by atoms with E-state index in [0.29, 0.717) is 12.0 Å². The number of non-ortho nitro benzene ring substituents is 1. The van der Waals surface area contributed by atoms with Gasteiger partial charge in [-0.05, 0) is 66.7 Å². The molecule has 0 unspecified atom stereocenters. The maximum absolute atomic E-state index is 10.9. The van der Waals surface area contributed by atoms with Crippen molar-refractivity contribution in [2.75, 3.05) is 24.5 Å². The van der Waals surface area contributed by atoms with Gasteiger partial charge >= 0.3 is 0 Å². The Morgan fingerprint density at radius 1 is 1.29 bits per heavy atom. The number of nitrogens with zero attached hydrogens (tertiary/aromatic N) is 2. The molecule has 1 aromatic rings. The quantitative estimate of drug-likeness (QED) is 0.651. The van der Waals surface area contributed by atoms with Crippen LogP contribution in [0.15, 0.2) is 22.7 Å². The highest BCUT2D eigenvalue weighted by Gasteiger charge is 2.32. The average Bonchev–Trinajstić information content (AvgIpc) is 3.31. The van der Waals surface area contributed by atoms with E-state index in [1.807, 2.05) is 6.07 Å². The molecule has 0 spiro atoms. The minimum Gasteiger partial charge on any atom is -0.367 e. The van der Waals surface area contributed by atoms with Crippen LogP contribution in [0, 0.1) is 16.0 Å². The molecule has 1 aromatic carbocycles. The summed E-state index contributed by atoms with van der Waals surface area (Å²) in [6.45, 7) is 3.26. The molecule has 0 bridgehead atoms. The number of nitrogens with one attached hydrogen (secondary N) is 1. The molecule has 2 fully saturated rings. The van der Waals surface area contributed by atoms with Crippen molar-refractivity contribution in [2.45, 2.75) is 31.7 Å². The smallest absolute Gasteiger partial charge is 0.270 e. The van der Waals surface area contributed by atoms with Gasteiger partial charge in [0.1, 0.15) is 0 Å². The Morgan fingerprint density at radius 2 is 2.00 bits per heavy atom. The van der Waals surface area contributed by atoms with Gasteiger partial charge in [-0.3, -0.25) is 10.1 Å². The van der Waals surface area contributed by atoms with Gasteiger partial charge in [-0.15, -0.1) is 0 Å². The molecule has 6 heteroatoms. The molecule has 1 saturated carbocycles. The van der Waals surface area contributed by atoms with Gasteiger partial charge in [-0.1, -0.05) is 0 Å². The normalized spacial score (nSPS) is 19.5. The maximum atomic E-state index is 10.9. The number of anilines is 1. The van der Waals surface area contributed by atoms with Crippen LogP contribution in [0.5, 0.6) is 0 Å². The summed E-state index contributed by atoms with van der Waals surface area (Å²) >= 11 is 3.52.